The minimum atomic E-state index is 0.366. The topological polar surface area (TPSA) is 32.3 Å². The third-order valence-electron chi connectivity index (χ3n) is 4.79. The van der Waals surface area contributed by atoms with Gasteiger partial charge >= 0.3 is 0 Å². The van der Waals surface area contributed by atoms with Gasteiger partial charge in [0.25, 0.3) is 0 Å². The van der Waals surface area contributed by atoms with Crippen LogP contribution in [0.2, 0.25) is 0 Å². The number of rotatable bonds is 1. The van der Waals surface area contributed by atoms with Crippen LogP contribution in [-0.2, 0) is 4.79 Å². The number of nitrogens with one attached hydrogen (secondary N) is 1. The molecule has 90 valence electrons. The standard InChI is InChI=1S/C13H22N2O/c1-10-9-11(10)12(16)15-7-4-13(5-8-15)3-2-6-14-13/h10-11,14H,2-9H2,1H3/t10-,11-/m1/s1. The fourth-order valence-electron chi connectivity index (χ4n) is 3.35. The molecule has 2 atom stereocenters. The summed E-state index contributed by atoms with van der Waals surface area (Å²) in [5.41, 5.74) is 0.395. The predicted molar refractivity (Wildman–Crippen MR) is 63.1 cm³/mol. The molecule has 0 aromatic carbocycles. The second-order valence-corrected chi connectivity index (χ2v) is 5.96. The average molecular weight is 222 g/mol. The highest BCUT2D eigenvalue weighted by molar-refractivity contribution is 5.81. The molecule has 3 heteroatoms. The van der Waals surface area contributed by atoms with Crippen molar-refractivity contribution >= 4 is 5.91 Å². The van der Waals surface area contributed by atoms with Gasteiger partial charge < -0.3 is 10.2 Å². The Hall–Kier alpha value is -0.570. The molecule has 1 spiro atoms. The van der Waals surface area contributed by atoms with Crippen molar-refractivity contribution in [1.29, 1.82) is 0 Å². The third-order valence-corrected chi connectivity index (χ3v) is 4.79. The lowest BCUT2D eigenvalue weighted by molar-refractivity contribution is -0.134. The molecule has 0 radical (unpaired) electrons. The zero-order chi connectivity index (χ0) is 11.2. The lowest BCUT2D eigenvalue weighted by atomic mass is 9.86. The summed E-state index contributed by atoms with van der Waals surface area (Å²) >= 11 is 0. The molecule has 3 aliphatic rings. The molecule has 2 saturated heterocycles. The van der Waals surface area contributed by atoms with Gasteiger partial charge in [-0.3, -0.25) is 4.79 Å². The second kappa shape index (κ2) is 3.73. The van der Waals surface area contributed by atoms with Gasteiger partial charge in [-0.15, -0.1) is 0 Å². The van der Waals surface area contributed by atoms with E-state index in [4.69, 9.17) is 0 Å². The Kier molecular flexibility index (Phi) is 2.46. The van der Waals surface area contributed by atoms with Gasteiger partial charge in [0.2, 0.25) is 5.91 Å². The fourth-order valence-corrected chi connectivity index (χ4v) is 3.35. The Labute approximate surface area is 97.6 Å². The lowest BCUT2D eigenvalue weighted by Gasteiger charge is -2.39. The van der Waals surface area contributed by atoms with E-state index in [1.165, 1.54) is 32.2 Å². The number of carbonyl (C=O) groups is 1. The van der Waals surface area contributed by atoms with Crippen LogP contribution < -0.4 is 5.32 Å². The number of carbonyl (C=O) groups excluding carboxylic acids is 1. The minimum absolute atomic E-state index is 0.366. The highest BCUT2D eigenvalue weighted by atomic mass is 16.2. The first kappa shape index (κ1) is 10.6. The van der Waals surface area contributed by atoms with Crippen LogP contribution in [0.25, 0.3) is 0 Å². The monoisotopic (exact) mass is 222 g/mol. The highest BCUT2D eigenvalue weighted by Crippen LogP contribution is 2.40. The maximum absolute atomic E-state index is 12.1. The summed E-state index contributed by atoms with van der Waals surface area (Å²) in [6, 6.07) is 0. The Morgan fingerprint density at radius 2 is 2.00 bits per heavy atom. The van der Waals surface area contributed by atoms with Gasteiger partial charge in [0.1, 0.15) is 0 Å². The molecule has 1 amide bonds. The number of hydrogen-bond acceptors (Lipinski definition) is 2. The molecular formula is C13H22N2O. The van der Waals surface area contributed by atoms with E-state index in [2.05, 4.69) is 17.1 Å². The van der Waals surface area contributed by atoms with E-state index < -0.39 is 0 Å². The van der Waals surface area contributed by atoms with Gasteiger partial charge in [0.15, 0.2) is 0 Å². The molecule has 1 N–H and O–H groups in total. The van der Waals surface area contributed by atoms with E-state index >= 15 is 0 Å². The molecule has 1 aliphatic carbocycles. The summed E-state index contributed by atoms with van der Waals surface area (Å²) in [6.07, 6.45) is 6.08. The molecule has 2 heterocycles. The quantitative estimate of drug-likeness (QED) is 0.727. The van der Waals surface area contributed by atoms with E-state index in [1.54, 1.807) is 0 Å². The van der Waals surface area contributed by atoms with Crippen LogP contribution in [0.3, 0.4) is 0 Å². The summed E-state index contributed by atoms with van der Waals surface area (Å²) in [5, 5.41) is 3.65. The Morgan fingerprint density at radius 3 is 2.50 bits per heavy atom. The van der Waals surface area contributed by atoms with Crippen molar-refractivity contribution in [3.63, 3.8) is 0 Å². The number of piperidine rings is 1. The van der Waals surface area contributed by atoms with Crippen LogP contribution in [-0.4, -0.2) is 36.0 Å². The van der Waals surface area contributed by atoms with Crippen LogP contribution in [0, 0.1) is 11.8 Å². The van der Waals surface area contributed by atoms with Crippen LogP contribution in [0.1, 0.15) is 39.0 Å². The molecule has 3 nitrogen and oxygen atoms in total. The third kappa shape index (κ3) is 1.75. The first-order valence-corrected chi connectivity index (χ1v) is 6.74. The number of nitrogens with zero attached hydrogens (tertiary/aromatic N) is 1. The van der Waals surface area contributed by atoms with Crippen molar-refractivity contribution < 1.29 is 4.79 Å². The van der Waals surface area contributed by atoms with Crippen LogP contribution >= 0.6 is 0 Å². The maximum atomic E-state index is 12.1. The fraction of sp³-hybridized carbons (Fsp3) is 0.923. The zero-order valence-electron chi connectivity index (χ0n) is 10.2. The molecule has 16 heavy (non-hydrogen) atoms. The molecule has 1 saturated carbocycles. The molecule has 3 rings (SSSR count). The maximum Gasteiger partial charge on any atom is 0.225 e. The number of likely N-dealkylation sites (tertiary alicyclic amines) is 1. The summed E-state index contributed by atoms with van der Waals surface area (Å²) in [5.74, 6) is 1.44. The molecule has 0 unspecified atom stereocenters. The average Bonchev–Trinajstić information content (AvgIpc) is 2.85. The zero-order valence-corrected chi connectivity index (χ0v) is 10.2. The molecule has 0 aromatic rings. The highest BCUT2D eigenvalue weighted by Gasteiger charge is 2.44. The second-order valence-electron chi connectivity index (χ2n) is 5.96. The van der Waals surface area contributed by atoms with Crippen molar-refractivity contribution in [3.05, 3.63) is 0 Å². The molecule has 2 aliphatic heterocycles. The van der Waals surface area contributed by atoms with Gasteiger partial charge in [-0.25, -0.2) is 0 Å². The molecule has 3 fully saturated rings. The Morgan fingerprint density at radius 1 is 1.31 bits per heavy atom. The van der Waals surface area contributed by atoms with Crippen LogP contribution in [0.4, 0.5) is 0 Å². The Bertz CT molecular complexity index is 286. The molecular weight excluding hydrogens is 200 g/mol. The van der Waals surface area contributed by atoms with Crippen molar-refractivity contribution in [2.75, 3.05) is 19.6 Å². The molecule has 0 bridgehead atoms. The number of hydrogen-bond donors (Lipinski definition) is 1. The summed E-state index contributed by atoms with van der Waals surface area (Å²) in [6.45, 7) is 5.32. The van der Waals surface area contributed by atoms with Crippen molar-refractivity contribution in [3.8, 4) is 0 Å². The minimum Gasteiger partial charge on any atom is -0.342 e. The van der Waals surface area contributed by atoms with E-state index in [0.29, 0.717) is 23.3 Å². The summed E-state index contributed by atoms with van der Waals surface area (Å²) in [4.78, 5) is 14.2. The molecule has 0 aromatic heterocycles. The van der Waals surface area contributed by atoms with E-state index in [-0.39, 0.29) is 0 Å². The predicted octanol–water partition coefficient (Wildman–Crippen LogP) is 1.39. The SMILES string of the molecule is C[C@@H]1C[C@H]1C(=O)N1CCC2(CCCN2)CC1. The Balaban J connectivity index is 1.56. The van der Waals surface area contributed by atoms with Crippen LogP contribution in [0.5, 0.6) is 0 Å². The van der Waals surface area contributed by atoms with Crippen molar-refractivity contribution in [1.82, 2.24) is 10.2 Å². The lowest BCUT2D eigenvalue weighted by Crippen LogP contribution is -2.51. The number of amides is 1. The van der Waals surface area contributed by atoms with Crippen molar-refractivity contribution in [2.24, 2.45) is 11.8 Å². The first-order chi connectivity index (χ1) is 7.70. The first-order valence-electron chi connectivity index (χ1n) is 6.74. The van der Waals surface area contributed by atoms with Gasteiger partial charge in [0, 0.05) is 24.5 Å². The smallest absolute Gasteiger partial charge is 0.225 e. The van der Waals surface area contributed by atoms with Gasteiger partial charge in [-0.1, -0.05) is 6.92 Å². The summed E-state index contributed by atoms with van der Waals surface area (Å²) < 4.78 is 0. The van der Waals surface area contributed by atoms with E-state index in [1.807, 2.05) is 0 Å². The largest absolute Gasteiger partial charge is 0.342 e. The van der Waals surface area contributed by atoms with E-state index in [9.17, 15) is 4.79 Å². The van der Waals surface area contributed by atoms with Crippen LogP contribution in [0.15, 0.2) is 0 Å². The normalized spacial score (nSPS) is 36.7. The van der Waals surface area contributed by atoms with Gasteiger partial charge in [0.05, 0.1) is 0 Å². The van der Waals surface area contributed by atoms with Crippen molar-refractivity contribution in [2.45, 2.75) is 44.6 Å². The van der Waals surface area contributed by atoms with Gasteiger partial charge in [-0.2, -0.15) is 0 Å². The van der Waals surface area contributed by atoms with E-state index in [0.717, 1.165) is 19.5 Å². The summed E-state index contributed by atoms with van der Waals surface area (Å²) in [7, 11) is 0. The van der Waals surface area contributed by atoms with Gasteiger partial charge in [-0.05, 0) is 44.6 Å².